The highest BCUT2D eigenvalue weighted by atomic mass is 28.4. The fourth-order valence-electron chi connectivity index (χ4n) is 2.48. The molecule has 6 nitrogen and oxygen atoms in total. The van der Waals surface area contributed by atoms with Crippen molar-refractivity contribution in [2.75, 3.05) is 13.2 Å². The highest BCUT2D eigenvalue weighted by Crippen LogP contribution is 2.38. The van der Waals surface area contributed by atoms with E-state index in [2.05, 4.69) is 67.7 Å². The summed E-state index contributed by atoms with van der Waals surface area (Å²) < 4.78 is 12.2. The first-order valence-electron chi connectivity index (χ1n) is 10.5. The summed E-state index contributed by atoms with van der Waals surface area (Å²) >= 11 is 0. The molecule has 0 saturated carbocycles. The van der Waals surface area contributed by atoms with Gasteiger partial charge in [0.25, 0.3) is 0 Å². The topological polar surface area (TPSA) is 93.1 Å². The quantitative estimate of drug-likeness (QED) is 0.224. The van der Waals surface area contributed by atoms with Crippen molar-refractivity contribution in [1.29, 1.82) is 0 Å². The van der Waals surface area contributed by atoms with E-state index in [0.29, 0.717) is 26.1 Å². The molecular weight excluding hydrogens is 404 g/mol. The Bertz CT molecular complexity index is 508. The summed E-state index contributed by atoms with van der Waals surface area (Å²) in [7, 11) is -3.87. The van der Waals surface area contributed by atoms with Gasteiger partial charge in [0.2, 0.25) is 0 Å². The number of carboxylic acids is 2. The maximum Gasteiger partial charge on any atom is 0.321 e. The smallest absolute Gasteiger partial charge is 0.321 e. The van der Waals surface area contributed by atoms with Gasteiger partial charge in [-0.2, -0.15) is 0 Å². The van der Waals surface area contributed by atoms with Crippen LogP contribution in [-0.4, -0.2) is 52.0 Å². The van der Waals surface area contributed by atoms with Crippen molar-refractivity contribution in [1.82, 2.24) is 0 Å². The molecule has 0 unspecified atom stereocenters. The van der Waals surface area contributed by atoms with Gasteiger partial charge in [-0.05, 0) is 61.9 Å². The lowest BCUT2D eigenvalue weighted by Gasteiger charge is -2.37. The van der Waals surface area contributed by atoms with Crippen LogP contribution < -0.4 is 0 Å². The molecule has 0 bridgehead atoms. The molecule has 0 rings (SSSR count). The lowest BCUT2D eigenvalue weighted by Crippen LogP contribution is -2.43. The van der Waals surface area contributed by atoms with Gasteiger partial charge >= 0.3 is 11.9 Å². The van der Waals surface area contributed by atoms with E-state index < -0.39 is 34.0 Å². The minimum atomic E-state index is -1.94. The summed E-state index contributed by atoms with van der Waals surface area (Å²) in [5, 5.41) is 19.6. The normalized spacial score (nSPS) is 14.1. The lowest BCUT2D eigenvalue weighted by molar-refractivity contribution is -0.166. The van der Waals surface area contributed by atoms with Crippen LogP contribution in [-0.2, 0) is 18.4 Å². The van der Waals surface area contributed by atoms with Gasteiger partial charge < -0.3 is 19.1 Å². The summed E-state index contributed by atoms with van der Waals surface area (Å²) in [4.78, 5) is 23.8. The lowest BCUT2D eigenvalue weighted by atomic mass is 9.79. The zero-order chi connectivity index (χ0) is 23.3. The first kappa shape index (κ1) is 28.3. The van der Waals surface area contributed by atoms with E-state index in [0.717, 1.165) is 0 Å². The molecule has 0 aliphatic carbocycles. The Kier molecular flexibility index (Phi) is 9.82. The number of aliphatic carboxylic acids is 2. The van der Waals surface area contributed by atoms with E-state index >= 15 is 0 Å². The Labute approximate surface area is 179 Å². The molecule has 0 spiro atoms. The van der Waals surface area contributed by atoms with Crippen LogP contribution in [0, 0.1) is 5.41 Å². The van der Waals surface area contributed by atoms with E-state index in [1.54, 1.807) is 0 Å². The predicted octanol–water partition coefficient (Wildman–Crippen LogP) is 5.75. The Morgan fingerprint density at radius 3 is 1.17 bits per heavy atom. The minimum absolute atomic E-state index is 0.0603. The molecule has 0 aromatic rings. The van der Waals surface area contributed by atoms with Gasteiger partial charge in [-0.1, -0.05) is 41.5 Å². The molecule has 0 radical (unpaired) electrons. The van der Waals surface area contributed by atoms with Crippen molar-refractivity contribution < 1.29 is 28.7 Å². The van der Waals surface area contributed by atoms with Gasteiger partial charge in [0, 0.05) is 13.2 Å². The second kappa shape index (κ2) is 10.1. The third-order valence-electron chi connectivity index (χ3n) is 6.85. The number of hydrogen-bond acceptors (Lipinski definition) is 4. The number of hydrogen-bond donors (Lipinski definition) is 2. The highest BCUT2D eigenvalue weighted by molar-refractivity contribution is 6.74. The Balaban J connectivity index is 4.93. The van der Waals surface area contributed by atoms with Crippen molar-refractivity contribution in [3.05, 3.63) is 0 Å². The summed E-state index contributed by atoms with van der Waals surface area (Å²) in [5.41, 5.74) is -1.78. The molecule has 172 valence electrons. The highest BCUT2D eigenvalue weighted by Gasteiger charge is 2.46. The summed E-state index contributed by atoms with van der Waals surface area (Å²) in [5.74, 6) is -2.55. The van der Waals surface area contributed by atoms with E-state index in [1.807, 2.05) is 0 Å². The van der Waals surface area contributed by atoms with Gasteiger partial charge in [-0.25, -0.2) is 0 Å². The fourth-order valence-corrected chi connectivity index (χ4v) is 4.66. The number of carbonyl (C=O) groups is 2. The SMILES string of the molecule is CC(C)(C)[Si](C)(C)OCCCC(CCCO[Si](C)(C)C(C)(C)C)(C(=O)O)C(=O)O. The molecule has 0 aliphatic heterocycles. The molecule has 2 N–H and O–H groups in total. The molecule has 0 atom stereocenters. The van der Waals surface area contributed by atoms with Crippen molar-refractivity contribution in [2.24, 2.45) is 5.41 Å². The van der Waals surface area contributed by atoms with E-state index in [9.17, 15) is 19.8 Å². The first-order valence-corrected chi connectivity index (χ1v) is 16.4. The third kappa shape index (κ3) is 7.81. The number of rotatable bonds is 12. The van der Waals surface area contributed by atoms with Crippen LogP contribution in [0.2, 0.25) is 36.3 Å². The summed E-state index contributed by atoms with van der Waals surface area (Å²) in [6.45, 7) is 22.1. The first-order chi connectivity index (χ1) is 12.8. The van der Waals surface area contributed by atoms with E-state index in [-0.39, 0.29) is 22.9 Å². The molecular formula is C21H44O6Si2. The summed E-state index contributed by atoms with van der Waals surface area (Å²) in [6.07, 6.45) is 0.946. The van der Waals surface area contributed by atoms with E-state index in [1.165, 1.54) is 0 Å². The van der Waals surface area contributed by atoms with Crippen molar-refractivity contribution in [3.63, 3.8) is 0 Å². The number of carboxylic acid groups (broad SMARTS) is 2. The molecule has 0 amide bonds. The molecule has 29 heavy (non-hydrogen) atoms. The summed E-state index contributed by atoms with van der Waals surface area (Å²) in [6, 6.07) is 0. The van der Waals surface area contributed by atoms with Gasteiger partial charge in [-0.3, -0.25) is 9.59 Å². The zero-order valence-corrected chi connectivity index (χ0v) is 22.3. The largest absolute Gasteiger partial charge is 0.480 e. The fraction of sp³-hybridized carbons (Fsp3) is 0.905. The van der Waals surface area contributed by atoms with Crippen LogP contribution in [0.25, 0.3) is 0 Å². The van der Waals surface area contributed by atoms with Crippen LogP contribution in [0.1, 0.15) is 67.2 Å². The third-order valence-corrected chi connectivity index (χ3v) is 15.9. The van der Waals surface area contributed by atoms with E-state index in [4.69, 9.17) is 8.85 Å². The van der Waals surface area contributed by atoms with Crippen LogP contribution in [0.5, 0.6) is 0 Å². The maximum atomic E-state index is 11.9. The molecule has 0 heterocycles. The second-order valence-electron chi connectivity index (χ2n) is 11.1. The molecule has 0 aromatic carbocycles. The van der Waals surface area contributed by atoms with Gasteiger partial charge in [0.15, 0.2) is 22.0 Å². The molecule has 8 heteroatoms. The Morgan fingerprint density at radius 1 is 0.690 bits per heavy atom. The van der Waals surface area contributed by atoms with Crippen LogP contribution in [0.4, 0.5) is 0 Å². The standard InChI is InChI=1S/C21H44O6Si2/c1-19(2,3)28(7,8)26-15-11-13-21(17(22)23,18(24)25)14-12-16-27-29(9,10)20(4,5)6/h11-16H2,1-10H3,(H,22,23)(H,24,25). The molecule has 0 fully saturated rings. The monoisotopic (exact) mass is 448 g/mol. The minimum Gasteiger partial charge on any atom is -0.480 e. The molecule has 0 aliphatic rings. The predicted molar refractivity (Wildman–Crippen MR) is 122 cm³/mol. The molecule has 0 saturated heterocycles. The second-order valence-corrected chi connectivity index (χ2v) is 20.7. The average molecular weight is 449 g/mol. The Morgan fingerprint density at radius 2 is 0.966 bits per heavy atom. The van der Waals surface area contributed by atoms with Gasteiger partial charge in [0.05, 0.1) is 0 Å². The zero-order valence-electron chi connectivity index (χ0n) is 20.3. The van der Waals surface area contributed by atoms with Crippen LogP contribution >= 0.6 is 0 Å². The van der Waals surface area contributed by atoms with Crippen LogP contribution in [0.15, 0.2) is 0 Å². The van der Waals surface area contributed by atoms with Crippen molar-refractivity contribution >= 4 is 28.6 Å². The van der Waals surface area contributed by atoms with Gasteiger partial charge in [-0.15, -0.1) is 0 Å². The Hall–Kier alpha value is -0.706. The van der Waals surface area contributed by atoms with Crippen molar-refractivity contribution in [3.8, 4) is 0 Å². The average Bonchev–Trinajstić information content (AvgIpc) is 2.50. The van der Waals surface area contributed by atoms with Crippen LogP contribution in [0.3, 0.4) is 0 Å². The maximum absolute atomic E-state index is 11.9. The van der Waals surface area contributed by atoms with Crippen molar-refractivity contribution in [2.45, 2.75) is 103 Å². The molecule has 0 aromatic heterocycles. The van der Waals surface area contributed by atoms with Gasteiger partial charge in [0.1, 0.15) is 0 Å².